The van der Waals surface area contributed by atoms with Gasteiger partial charge in [0.2, 0.25) is 5.75 Å². The number of ether oxygens (including phenoxy) is 3. The van der Waals surface area contributed by atoms with Crippen LogP contribution in [0.5, 0.6) is 17.2 Å². The van der Waals surface area contributed by atoms with E-state index in [0.717, 1.165) is 24.6 Å². The van der Waals surface area contributed by atoms with E-state index in [1.54, 1.807) is 32.7 Å². The zero-order chi connectivity index (χ0) is 18.9. The van der Waals surface area contributed by atoms with Gasteiger partial charge >= 0.3 is 0 Å². The van der Waals surface area contributed by atoms with Crippen LogP contribution in [0.25, 0.3) is 0 Å². The molecule has 2 rings (SSSR count). The van der Waals surface area contributed by atoms with E-state index in [4.69, 9.17) is 14.2 Å². The van der Waals surface area contributed by atoms with Crippen molar-refractivity contribution in [2.75, 3.05) is 27.9 Å². The molecule has 0 aliphatic heterocycles. The number of nitrogens with one attached hydrogen (secondary N) is 2. The molecule has 0 atom stereocenters. The summed E-state index contributed by atoms with van der Waals surface area (Å²) in [6.45, 7) is 6.16. The summed E-state index contributed by atoms with van der Waals surface area (Å²) in [7, 11) is 4.82. The molecule has 26 heavy (non-hydrogen) atoms. The van der Waals surface area contributed by atoms with Crippen LogP contribution in [0.3, 0.4) is 0 Å². The van der Waals surface area contributed by atoms with Crippen molar-refractivity contribution in [3.63, 3.8) is 0 Å². The third-order valence-corrected chi connectivity index (χ3v) is 4.95. The number of hydrogen-bond donors (Lipinski definition) is 2. The van der Waals surface area contributed by atoms with Crippen LogP contribution in [-0.2, 0) is 13.1 Å². The summed E-state index contributed by atoms with van der Waals surface area (Å²) in [4.78, 5) is 5.98. The Labute approximate surface area is 159 Å². The van der Waals surface area contributed by atoms with Gasteiger partial charge in [-0.3, -0.25) is 0 Å². The number of aryl methyl sites for hydroxylation is 1. The molecule has 142 valence electrons. The summed E-state index contributed by atoms with van der Waals surface area (Å²) < 4.78 is 16.3. The fourth-order valence-corrected chi connectivity index (χ4v) is 3.39. The second-order valence-electron chi connectivity index (χ2n) is 5.57. The standard InChI is InChI=1S/C19H27N3O3S/c1-6-20-19(22-12-16-13(2)9-10-26-16)21-11-14-7-8-15(23-3)18(25-5)17(14)24-4/h7-10H,6,11-12H2,1-5H3,(H2,20,21,22). The molecule has 1 aromatic heterocycles. The number of rotatable bonds is 8. The highest BCUT2D eigenvalue weighted by atomic mass is 32.1. The predicted octanol–water partition coefficient (Wildman–Crippen LogP) is 3.34. The van der Waals surface area contributed by atoms with Crippen LogP contribution >= 0.6 is 11.3 Å². The molecule has 0 aliphatic carbocycles. The summed E-state index contributed by atoms with van der Waals surface area (Å²) in [5, 5.41) is 8.75. The molecule has 2 N–H and O–H groups in total. The maximum Gasteiger partial charge on any atom is 0.203 e. The van der Waals surface area contributed by atoms with Crippen molar-refractivity contribution in [1.82, 2.24) is 10.6 Å². The van der Waals surface area contributed by atoms with E-state index in [-0.39, 0.29) is 0 Å². The first-order valence-electron chi connectivity index (χ1n) is 8.47. The molecule has 0 bridgehead atoms. The van der Waals surface area contributed by atoms with E-state index in [9.17, 15) is 0 Å². The van der Waals surface area contributed by atoms with Gasteiger partial charge in [0.25, 0.3) is 0 Å². The monoisotopic (exact) mass is 377 g/mol. The third-order valence-electron chi connectivity index (χ3n) is 3.92. The van der Waals surface area contributed by atoms with Gasteiger partial charge in [0.15, 0.2) is 17.5 Å². The summed E-state index contributed by atoms with van der Waals surface area (Å²) >= 11 is 1.74. The minimum atomic E-state index is 0.461. The van der Waals surface area contributed by atoms with Crippen molar-refractivity contribution in [1.29, 1.82) is 0 Å². The molecule has 6 nitrogen and oxygen atoms in total. The van der Waals surface area contributed by atoms with Crippen LogP contribution in [0, 0.1) is 6.92 Å². The Balaban J connectivity index is 2.17. The van der Waals surface area contributed by atoms with Crippen LogP contribution in [0.2, 0.25) is 0 Å². The summed E-state index contributed by atoms with van der Waals surface area (Å²) in [5.74, 6) is 2.61. The maximum absolute atomic E-state index is 5.52. The van der Waals surface area contributed by atoms with Gasteiger partial charge in [-0.05, 0) is 43.0 Å². The van der Waals surface area contributed by atoms with Crippen molar-refractivity contribution in [2.24, 2.45) is 4.99 Å². The molecule has 0 unspecified atom stereocenters. The van der Waals surface area contributed by atoms with Gasteiger partial charge in [0.05, 0.1) is 34.4 Å². The van der Waals surface area contributed by atoms with Gasteiger partial charge in [-0.1, -0.05) is 0 Å². The van der Waals surface area contributed by atoms with Crippen LogP contribution < -0.4 is 24.8 Å². The maximum atomic E-state index is 5.52. The average Bonchev–Trinajstić information content (AvgIpc) is 3.07. The molecule has 0 amide bonds. The first kappa shape index (κ1) is 19.9. The fraction of sp³-hybridized carbons (Fsp3) is 0.421. The fourth-order valence-electron chi connectivity index (χ4n) is 2.54. The lowest BCUT2D eigenvalue weighted by molar-refractivity contribution is 0.322. The molecule has 2 aromatic rings. The van der Waals surface area contributed by atoms with E-state index in [0.29, 0.717) is 23.8 Å². The lowest BCUT2D eigenvalue weighted by Gasteiger charge is -2.15. The van der Waals surface area contributed by atoms with E-state index < -0.39 is 0 Å². The second kappa shape index (κ2) is 9.91. The van der Waals surface area contributed by atoms with Crippen LogP contribution in [0.15, 0.2) is 28.6 Å². The van der Waals surface area contributed by atoms with Crippen molar-refractivity contribution < 1.29 is 14.2 Å². The van der Waals surface area contributed by atoms with E-state index >= 15 is 0 Å². The van der Waals surface area contributed by atoms with Gasteiger partial charge in [-0.25, -0.2) is 4.99 Å². The Hall–Kier alpha value is -2.41. The Morgan fingerprint density at radius 1 is 1.04 bits per heavy atom. The number of thiophene rings is 1. The number of benzene rings is 1. The molecule has 0 radical (unpaired) electrons. The first-order valence-corrected chi connectivity index (χ1v) is 9.35. The molecule has 7 heteroatoms. The van der Waals surface area contributed by atoms with Gasteiger partial charge < -0.3 is 24.8 Å². The highest BCUT2D eigenvalue weighted by Crippen LogP contribution is 2.39. The molecular formula is C19H27N3O3S. The lowest BCUT2D eigenvalue weighted by Crippen LogP contribution is -2.36. The van der Waals surface area contributed by atoms with Crippen LogP contribution in [0.1, 0.15) is 22.9 Å². The number of methoxy groups -OCH3 is 3. The smallest absolute Gasteiger partial charge is 0.203 e. The third kappa shape index (κ3) is 4.82. The minimum Gasteiger partial charge on any atom is -0.493 e. The largest absolute Gasteiger partial charge is 0.493 e. The summed E-state index contributed by atoms with van der Waals surface area (Å²) in [6.07, 6.45) is 0. The second-order valence-corrected chi connectivity index (χ2v) is 6.57. The Morgan fingerprint density at radius 3 is 2.38 bits per heavy atom. The Kier molecular flexibility index (Phi) is 7.59. The molecular weight excluding hydrogens is 350 g/mol. The van der Waals surface area contributed by atoms with E-state index in [1.807, 2.05) is 19.1 Å². The molecule has 0 spiro atoms. The first-order chi connectivity index (χ1) is 12.6. The van der Waals surface area contributed by atoms with Gasteiger partial charge in [-0.15, -0.1) is 11.3 Å². The highest BCUT2D eigenvalue weighted by Gasteiger charge is 2.15. The highest BCUT2D eigenvalue weighted by molar-refractivity contribution is 7.10. The Bertz CT molecular complexity index is 744. The van der Waals surface area contributed by atoms with Gasteiger partial charge in [-0.2, -0.15) is 0 Å². The zero-order valence-corrected chi connectivity index (χ0v) is 16.8. The zero-order valence-electron chi connectivity index (χ0n) is 16.0. The average molecular weight is 378 g/mol. The van der Waals surface area contributed by atoms with Crippen LogP contribution in [0.4, 0.5) is 0 Å². The van der Waals surface area contributed by atoms with Gasteiger partial charge in [0.1, 0.15) is 0 Å². The lowest BCUT2D eigenvalue weighted by atomic mass is 10.1. The van der Waals surface area contributed by atoms with Crippen molar-refractivity contribution in [2.45, 2.75) is 26.9 Å². The summed E-state index contributed by atoms with van der Waals surface area (Å²) in [6, 6.07) is 5.93. The van der Waals surface area contributed by atoms with Gasteiger partial charge in [0, 0.05) is 17.0 Å². The van der Waals surface area contributed by atoms with Crippen molar-refractivity contribution in [3.05, 3.63) is 39.6 Å². The molecule has 1 aromatic carbocycles. The quantitative estimate of drug-likeness (QED) is 0.546. The van der Waals surface area contributed by atoms with E-state index in [2.05, 4.69) is 34.0 Å². The SMILES string of the molecule is CCNC(=NCc1ccc(OC)c(OC)c1OC)NCc1sccc1C. The van der Waals surface area contributed by atoms with Crippen molar-refractivity contribution >= 4 is 17.3 Å². The summed E-state index contributed by atoms with van der Waals surface area (Å²) in [5.41, 5.74) is 2.22. The number of hydrogen-bond acceptors (Lipinski definition) is 5. The van der Waals surface area contributed by atoms with E-state index in [1.165, 1.54) is 10.4 Å². The number of nitrogens with zero attached hydrogens (tertiary/aromatic N) is 1. The molecule has 0 saturated carbocycles. The van der Waals surface area contributed by atoms with Crippen molar-refractivity contribution in [3.8, 4) is 17.2 Å². The normalized spacial score (nSPS) is 11.2. The molecule has 0 saturated heterocycles. The Morgan fingerprint density at radius 2 is 1.81 bits per heavy atom. The molecule has 1 heterocycles. The molecule has 0 fully saturated rings. The number of aliphatic imine (C=N–C) groups is 1. The van der Waals surface area contributed by atoms with Crippen LogP contribution in [-0.4, -0.2) is 33.8 Å². The molecule has 0 aliphatic rings. The predicted molar refractivity (Wildman–Crippen MR) is 107 cm³/mol. The number of guanidine groups is 1. The minimum absolute atomic E-state index is 0.461. The topological polar surface area (TPSA) is 64.1 Å².